The van der Waals surface area contributed by atoms with E-state index in [-0.39, 0.29) is 12.4 Å². The lowest BCUT2D eigenvalue weighted by Gasteiger charge is -2.23. The fourth-order valence-electron chi connectivity index (χ4n) is 3.11. The minimum atomic E-state index is -0.741. The zero-order valence-corrected chi connectivity index (χ0v) is 8.76. The van der Waals surface area contributed by atoms with Crippen molar-refractivity contribution >= 4 is 12.3 Å². The van der Waals surface area contributed by atoms with E-state index in [0.717, 1.165) is 12.8 Å². The molecule has 0 amide bonds. The van der Waals surface area contributed by atoms with E-state index >= 15 is 0 Å². The molecule has 0 radical (unpaired) electrons. The van der Waals surface area contributed by atoms with Crippen LogP contribution in [0.15, 0.2) is 24.3 Å². The Morgan fingerprint density at radius 1 is 1.25 bits per heavy atom. The van der Waals surface area contributed by atoms with Crippen molar-refractivity contribution in [2.75, 3.05) is 0 Å². The van der Waals surface area contributed by atoms with Crippen LogP contribution in [0.4, 0.5) is 0 Å². The van der Waals surface area contributed by atoms with E-state index < -0.39 is 5.97 Å². The van der Waals surface area contributed by atoms with Crippen LogP contribution in [0.5, 0.6) is 0 Å². The van der Waals surface area contributed by atoms with Gasteiger partial charge in [0.15, 0.2) is 0 Å². The second-order valence-electron chi connectivity index (χ2n) is 4.50. The molecule has 0 heterocycles. The summed E-state index contributed by atoms with van der Waals surface area (Å²) < 4.78 is 5.14. The third-order valence-electron chi connectivity index (χ3n) is 3.70. The Morgan fingerprint density at radius 2 is 2.00 bits per heavy atom. The highest BCUT2D eigenvalue weighted by molar-refractivity contribution is 6.20. The summed E-state index contributed by atoms with van der Waals surface area (Å²) in [7, 11) is 0. The Bertz CT molecular complexity index is 452. The van der Waals surface area contributed by atoms with E-state index in [4.69, 9.17) is 4.74 Å². The molecule has 82 valence electrons. The maximum Gasteiger partial charge on any atom is 0.371 e. The lowest BCUT2D eigenvalue weighted by atomic mass is 9.90. The molecule has 1 fully saturated rings. The van der Waals surface area contributed by atoms with Crippen molar-refractivity contribution in [1.29, 1.82) is 0 Å². The molecule has 0 aliphatic heterocycles. The molecular formula is C13H12O3. The molecule has 3 nitrogen and oxygen atoms in total. The zero-order valence-electron chi connectivity index (χ0n) is 8.76. The molecule has 2 aliphatic rings. The van der Waals surface area contributed by atoms with Crippen LogP contribution in [0.3, 0.4) is 0 Å². The van der Waals surface area contributed by atoms with Crippen molar-refractivity contribution in [1.82, 2.24) is 0 Å². The monoisotopic (exact) mass is 216 g/mol. The van der Waals surface area contributed by atoms with Crippen LogP contribution in [-0.4, -0.2) is 18.4 Å². The number of carbonyl (C=O) groups is 2. The number of benzene rings is 1. The third-order valence-corrected chi connectivity index (χ3v) is 3.70. The Morgan fingerprint density at radius 3 is 2.75 bits per heavy atom. The van der Waals surface area contributed by atoms with Gasteiger partial charge in [0.05, 0.1) is 0 Å². The molecule has 1 aromatic rings. The number of hydrogen-bond acceptors (Lipinski definition) is 3. The molecule has 2 aliphatic carbocycles. The van der Waals surface area contributed by atoms with Gasteiger partial charge in [0, 0.05) is 5.92 Å². The molecule has 0 saturated heterocycles. The smallest absolute Gasteiger partial charge is 0.371 e. The van der Waals surface area contributed by atoms with E-state index in [1.165, 1.54) is 11.1 Å². The second-order valence-corrected chi connectivity index (χ2v) is 4.50. The molecule has 3 heteroatoms. The van der Waals surface area contributed by atoms with Gasteiger partial charge in [-0.15, -0.1) is 0 Å². The van der Waals surface area contributed by atoms with Gasteiger partial charge in [-0.25, -0.2) is 4.79 Å². The minimum absolute atomic E-state index is 0.0994. The number of aldehydes is 1. The van der Waals surface area contributed by atoms with Crippen molar-refractivity contribution in [3.05, 3.63) is 35.4 Å². The van der Waals surface area contributed by atoms with Crippen molar-refractivity contribution in [3.8, 4) is 0 Å². The molecule has 2 bridgehead atoms. The lowest BCUT2D eigenvalue weighted by molar-refractivity contribution is -0.153. The summed E-state index contributed by atoms with van der Waals surface area (Å²) in [6.07, 6.45) is 2.06. The molecule has 0 unspecified atom stereocenters. The maximum atomic E-state index is 11.0. The first-order valence-electron chi connectivity index (χ1n) is 5.54. The highest BCUT2D eigenvalue weighted by Gasteiger charge is 2.45. The standard InChI is InChI=1S/C13H12O3/c14-7-13(15)16-12-6-8-5-11(12)10-4-2-1-3-9(8)10/h1-4,7-8,11-12H,5-6H2/t8-,11-,12-/m1/s1. The predicted molar refractivity (Wildman–Crippen MR) is 57.1 cm³/mol. The van der Waals surface area contributed by atoms with Crippen LogP contribution >= 0.6 is 0 Å². The summed E-state index contributed by atoms with van der Waals surface area (Å²) in [5.41, 5.74) is 2.69. The maximum absolute atomic E-state index is 11.0. The van der Waals surface area contributed by atoms with Crippen LogP contribution < -0.4 is 0 Å². The molecule has 3 rings (SSSR count). The van der Waals surface area contributed by atoms with Gasteiger partial charge in [-0.05, 0) is 29.9 Å². The van der Waals surface area contributed by atoms with Gasteiger partial charge in [-0.2, -0.15) is 0 Å². The van der Waals surface area contributed by atoms with Crippen LogP contribution in [0.25, 0.3) is 0 Å². The van der Waals surface area contributed by atoms with Crippen LogP contribution in [0.1, 0.15) is 35.8 Å². The van der Waals surface area contributed by atoms with Gasteiger partial charge in [0.1, 0.15) is 6.10 Å². The van der Waals surface area contributed by atoms with E-state index in [0.29, 0.717) is 11.8 Å². The van der Waals surface area contributed by atoms with E-state index in [2.05, 4.69) is 12.1 Å². The van der Waals surface area contributed by atoms with Crippen LogP contribution in [0, 0.1) is 0 Å². The summed E-state index contributed by atoms with van der Waals surface area (Å²) in [6.45, 7) is 0. The SMILES string of the molecule is O=CC(=O)O[C@@H]1C[C@H]2C[C@@H]1c1ccccc12. The Kier molecular flexibility index (Phi) is 2.06. The summed E-state index contributed by atoms with van der Waals surface area (Å²) in [5, 5.41) is 0. The number of carbonyl (C=O) groups excluding carboxylic acids is 2. The van der Waals surface area contributed by atoms with Crippen molar-refractivity contribution in [2.45, 2.75) is 30.8 Å². The average molecular weight is 216 g/mol. The van der Waals surface area contributed by atoms with Crippen molar-refractivity contribution in [2.24, 2.45) is 0 Å². The molecule has 1 saturated carbocycles. The molecule has 0 aromatic heterocycles. The highest BCUT2D eigenvalue weighted by atomic mass is 16.5. The van der Waals surface area contributed by atoms with Gasteiger partial charge >= 0.3 is 5.97 Å². The number of rotatable bonds is 2. The fraction of sp³-hybridized carbons (Fsp3) is 0.385. The molecule has 1 aromatic carbocycles. The van der Waals surface area contributed by atoms with Gasteiger partial charge in [-0.1, -0.05) is 24.3 Å². The summed E-state index contributed by atoms with van der Waals surface area (Å²) >= 11 is 0. The Balaban J connectivity index is 1.86. The second kappa shape index (κ2) is 3.44. The molecule has 3 atom stereocenters. The van der Waals surface area contributed by atoms with Crippen molar-refractivity contribution < 1.29 is 14.3 Å². The fourth-order valence-corrected chi connectivity index (χ4v) is 3.11. The average Bonchev–Trinajstić information content (AvgIpc) is 2.87. The number of ether oxygens (including phenoxy) is 1. The van der Waals surface area contributed by atoms with Crippen LogP contribution in [0.2, 0.25) is 0 Å². The predicted octanol–water partition coefficient (Wildman–Crippen LogP) is 1.77. The van der Waals surface area contributed by atoms with Crippen molar-refractivity contribution in [3.63, 3.8) is 0 Å². The van der Waals surface area contributed by atoms with Gasteiger partial charge in [0.2, 0.25) is 6.29 Å². The molecule has 0 spiro atoms. The zero-order chi connectivity index (χ0) is 11.1. The number of esters is 1. The largest absolute Gasteiger partial charge is 0.456 e. The highest BCUT2D eigenvalue weighted by Crippen LogP contribution is 2.53. The first-order chi connectivity index (χ1) is 7.79. The Hall–Kier alpha value is -1.64. The quantitative estimate of drug-likeness (QED) is 0.430. The normalized spacial score (nSPS) is 29.9. The minimum Gasteiger partial charge on any atom is -0.456 e. The van der Waals surface area contributed by atoms with E-state index in [9.17, 15) is 9.59 Å². The van der Waals surface area contributed by atoms with Gasteiger partial charge in [-0.3, -0.25) is 4.79 Å². The molecule has 0 N–H and O–H groups in total. The molecular weight excluding hydrogens is 204 g/mol. The Labute approximate surface area is 93.4 Å². The van der Waals surface area contributed by atoms with Gasteiger partial charge < -0.3 is 4.74 Å². The third kappa shape index (κ3) is 1.28. The number of fused-ring (bicyclic) bond motifs is 5. The summed E-state index contributed by atoms with van der Waals surface area (Å²) in [5.74, 6) is 0.0609. The summed E-state index contributed by atoms with van der Waals surface area (Å²) in [4.78, 5) is 21.2. The first-order valence-corrected chi connectivity index (χ1v) is 5.54. The van der Waals surface area contributed by atoms with Crippen LogP contribution in [-0.2, 0) is 14.3 Å². The van der Waals surface area contributed by atoms with E-state index in [1.54, 1.807) is 0 Å². The number of hydrogen-bond donors (Lipinski definition) is 0. The first kappa shape index (κ1) is 9.58. The topological polar surface area (TPSA) is 43.4 Å². The molecule has 16 heavy (non-hydrogen) atoms. The van der Waals surface area contributed by atoms with E-state index in [1.807, 2.05) is 12.1 Å². The summed E-state index contributed by atoms with van der Waals surface area (Å²) in [6, 6.07) is 8.31. The lowest BCUT2D eigenvalue weighted by Crippen LogP contribution is -2.23. The van der Waals surface area contributed by atoms with Gasteiger partial charge in [0.25, 0.3) is 0 Å².